The fourth-order valence-corrected chi connectivity index (χ4v) is 4.27. The van der Waals surface area contributed by atoms with E-state index in [0.717, 1.165) is 17.8 Å². The van der Waals surface area contributed by atoms with Crippen LogP contribution in [-0.4, -0.2) is 47.2 Å². The van der Waals surface area contributed by atoms with Crippen LogP contribution in [0.15, 0.2) is 47.1 Å². The average Bonchev–Trinajstić information content (AvgIpc) is 3.50. The Kier molecular flexibility index (Phi) is 6.46. The van der Waals surface area contributed by atoms with E-state index in [9.17, 15) is 9.59 Å². The van der Waals surface area contributed by atoms with Crippen LogP contribution in [0.5, 0.6) is 5.75 Å². The molecular weight excluding hydrogens is 418 g/mol. The number of nitrogens with one attached hydrogen (secondary N) is 2. The first-order chi connectivity index (χ1) is 15.1. The standard InChI is InChI=1S/C21H23N5O4S/c1-29-16-8-6-15(7-9-16)23-18(27)20-25-24-19(31-20)14-4-2-10-26(13-14)21(28)22-12-17-5-3-11-30-17/h3,5-9,11,14H,2,4,10,12-13H2,1H3,(H,22,28)(H,23,27). The highest BCUT2D eigenvalue weighted by Crippen LogP contribution is 2.29. The highest BCUT2D eigenvalue weighted by atomic mass is 32.1. The van der Waals surface area contributed by atoms with Gasteiger partial charge in [0.1, 0.15) is 16.5 Å². The Morgan fingerprint density at radius 3 is 2.84 bits per heavy atom. The maximum absolute atomic E-state index is 12.5. The molecule has 2 N–H and O–H groups in total. The van der Waals surface area contributed by atoms with Crippen LogP contribution in [0.25, 0.3) is 0 Å². The van der Waals surface area contributed by atoms with Crippen molar-refractivity contribution in [2.45, 2.75) is 25.3 Å². The third kappa shape index (κ3) is 5.21. The van der Waals surface area contributed by atoms with Gasteiger partial charge in [-0.2, -0.15) is 0 Å². The molecule has 3 aromatic rings. The normalized spacial score (nSPS) is 16.0. The van der Waals surface area contributed by atoms with Crippen LogP contribution in [0, 0.1) is 0 Å². The Hall–Kier alpha value is -3.40. The first-order valence-electron chi connectivity index (χ1n) is 9.96. The van der Waals surface area contributed by atoms with Gasteiger partial charge in [-0.1, -0.05) is 11.3 Å². The number of carbonyl (C=O) groups excluding carboxylic acids is 2. The Balaban J connectivity index is 1.34. The summed E-state index contributed by atoms with van der Waals surface area (Å²) in [5.41, 5.74) is 0.652. The molecule has 162 valence electrons. The lowest BCUT2D eigenvalue weighted by Gasteiger charge is -2.31. The van der Waals surface area contributed by atoms with Gasteiger partial charge in [0.05, 0.1) is 19.9 Å². The number of hydrogen-bond donors (Lipinski definition) is 2. The Labute approximate surface area is 183 Å². The number of ether oxygens (including phenoxy) is 1. The number of likely N-dealkylation sites (tertiary alicyclic amines) is 1. The number of anilines is 1. The van der Waals surface area contributed by atoms with E-state index in [1.807, 2.05) is 6.07 Å². The van der Waals surface area contributed by atoms with E-state index in [0.29, 0.717) is 41.8 Å². The van der Waals surface area contributed by atoms with Crippen molar-refractivity contribution in [2.75, 3.05) is 25.5 Å². The second kappa shape index (κ2) is 9.61. The number of nitrogens with zero attached hydrogens (tertiary/aromatic N) is 3. The van der Waals surface area contributed by atoms with Crippen LogP contribution in [0.2, 0.25) is 0 Å². The van der Waals surface area contributed by atoms with Crippen LogP contribution in [0.1, 0.15) is 39.3 Å². The molecule has 0 spiro atoms. The van der Waals surface area contributed by atoms with Gasteiger partial charge < -0.3 is 24.7 Å². The highest BCUT2D eigenvalue weighted by molar-refractivity contribution is 7.13. The Bertz CT molecular complexity index is 1020. The predicted octanol–water partition coefficient (Wildman–Crippen LogP) is 3.48. The number of hydrogen-bond acceptors (Lipinski definition) is 7. The van der Waals surface area contributed by atoms with E-state index in [1.54, 1.807) is 48.6 Å². The zero-order valence-electron chi connectivity index (χ0n) is 17.0. The minimum atomic E-state index is -0.308. The second-order valence-electron chi connectivity index (χ2n) is 7.15. The van der Waals surface area contributed by atoms with Gasteiger partial charge in [-0.05, 0) is 49.2 Å². The zero-order valence-corrected chi connectivity index (χ0v) is 17.9. The minimum absolute atomic E-state index is 0.0585. The molecule has 0 saturated carbocycles. The van der Waals surface area contributed by atoms with Crippen LogP contribution < -0.4 is 15.4 Å². The van der Waals surface area contributed by atoms with E-state index in [2.05, 4.69) is 20.8 Å². The summed E-state index contributed by atoms with van der Waals surface area (Å²) in [6.07, 6.45) is 3.35. The van der Waals surface area contributed by atoms with Crippen molar-refractivity contribution in [3.05, 3.63) is 58.4 Å². The summed E-state index contributed by atoms with van der Waals surface area (Å²) in [4.78, 5) is 26.8. The molecule has 4 rings (SSSR count). The molecule has 1 aromatic carbocycles. The van der Waals surface area contributed by atoms with Crippen LogP contribution >= 0.6 is 11.3 Å². The van der Waals surface area contributed by atoms with Gasteiger partial charge in [-0.15, -0.1) is 10.2 Å². The Morgan fingerprint density at radius 2 is 2.10 bits per heavy atom. The number of rotatable bonds is 6. The molecule has 1 aliphatic heterocycles. The third-order valence-corrected chi connectivity index (χ3v) is 6.12. The van der Waals surface area contributed by atoms with Gasteiger partial charge in [0.15, 0.2) is 0 Å². The number of piperidine rings is 1. The smallest absolute Gasteiger partial charge is 0.317 e. The van der Waals surface area contributed by atoms with Gasteiger partial charge in [-0.3, -0.25) is 4.79 Å². The summed E-state index contributed by atoms with van der Waals surface area (Å²) in [7, 11) is 1.59. The van der Waals surface area contributed by atoms with E-state index in [4.69, 9.17) is 9.15 Å². The van der Waals surface area contributed by atoms with Crippen molar-refractivity contribution in [3.8, 4) is 5.75 Å². The summed E-state index contributed by atoms with van der Waals surface area (Å²) in [6, 6.07) is 10.5. The maximum atomic E-state index is 12.5. The van der Waals surface area contributed by atoms with Gasteiger partial charge in [0.25, 0.3) is 5.91 Å². The molecule has 1 saturated heterocycles. The molecule has 3 heterocycles. The van der Waals surface area contributed by atoms with E-state index >= 15 is 0 Å². The predicted molar refractivity (Wildman–Crippen MR) is 115 cm³/mol. The largest absolute Gasteiger partial charge is 0.497 e. The monoisotopic (exact) mass is 441 g/mol. The maximum Gasteiger partial charge on any atom is 0.317 e. The van der Waals surface area contributed by atoms with Crippen molar-refractivity contribution in [3.63, 3.8) is 0 Å². The lowest BCUT2D eigenvalue weighted by molar-refractivity contribution is 0.102. The molecule has 2 aromatic heterocycles. The van der Waals surface area contributed by atoms with Gasteiger partial charge in [0.2, 0.25) is 5.01 Å². The molecule has 0 radical (unpaired) electrons. The van der Waals surface area contributed by atoms with Gasteiger partial charge in [0, 0.05) is 24.7 Å². The fourth-order valence-electron chi connectivity index (χ4n) is 3.40. The lowest BCUT2D eigenvalue weighted by Crippen LogP contribution is -2.44. The summed E-state index contributed by atoms with van der Waals surface area (Å²) < 4.78 is 10.4. The topological polar surface area (TPSA) is 110 Å². The Morgan fingerprint density at radius 1 is 1.26 bits per heavy atom. The van der Waals surface area contributed by atoms with Crippen molar-refractivity contribution < 1.29 is 18.7 Å². The highest BCUT2D eigenvalue weighted by Gasteiger charge is 2.28. The quantitative estimate of drug-likeness (QED) is 0.606. The minimum Gasteiger partial charge on any atom is -0.497 e. The van der Waals surface area contributed by atoms with Crippen LogP contribution in [0.3, 0.4) is 0 Å². The van der Waals surface area contributed by atoms with Crippen molar-refractivity contribution in [1.29, 1.82) is 0 Å². The third-order valence-electron chi connectivity index (χ3n) is 5.03. The number of carbonyl (C=O) groups is 2. The van der Waals surface area contributed by atoms with E-state index in [-0.39, 0.29) is 17.9 Å². The molecule has 3 amide bonds. The average molecular weight is 442 g/mol. The molecule has 1 aliphatic rings. The molecule has 9 nitrogen and oxygen atoms in total. The number of amides is 3. The molecule has 0 bridgehead atoms. The number of urea groups is 1. The molecule has 10 heteroatoms. The van der Waals surface area contributed by atoms with Crippen molar-refractivity contribution >= 4 is 29.0 Å². The number of methoxy groups -OCH3 is 1. The second-order valence-corrected chi connectivity index (χ2v) is 8.16. The summed E-state index contributed by atoms with van der Waals surface area (Å²) in [5.74, 6) is 1.17. The number of benzene rings is 1. The number of aromatic nitrogens is 2. The fraction of sp³-hybridized carbons (Fsp3) is 0.333. The summed E-state index contributed by atoms with van der Waals surface area (Å²) in [6.45, 7) is 1.57. The molecule has 1 atom stereocenters. The van der Waals surface area contributed by atoms with Gasteiger partial charge in [-0.25, -0.2) is 4.79 Å². The van der Waals surface area contributed by atoms with E-state index in [1.165, 1.54) is 11.3 Å². The molecule has 31 heavy (non-hydrogen) atoms. The van der Waals surface area contributed by atoms with Gasteiger partial charge >= 0.3 is 6.03 Å². The lowest BCUT2D eigenvalue weighted by atomic mass is 9.99. The van der Waals surface area contributed by atoms with Crippen LogP contribution in [0.4, 0.5) is 10.5 Å². The molecule has 1 unspecified atom stereocenters. The SMILES string of the molecule is COc1ccc(NC(=O)c2nnc(C3CCCN(C(=O)NCc4ccco4)C3)s2)cc1. The first-order valence-corrected chi connectivity index (χ1v) is 10.8. The first kappa shape index (κ1) is 20.9. The number of furan rings is 1. The summed E-state index contributed by atoms with van der Waals surface area (Å²) in [5, 5.41) is 15.0. The zero-order chi connectivity index (χ0) is 21.6. The van der Waals surface area contributed by atoms with E-state index < -0.39 is 0 Å². The van der Waals surface area contributed by atoms with Crippen LogP contribution in [-0.2, 0) is 6.54 Å². The molecule has 0 aliphatic carbocycles. The summed E-state index contributed by atoms with van der Waals surface area (Å²) >= 11 is 1.27. The molecular formula is C21H23N5O4S. The van der Waals surface area contributed by atoms with Crippen molar-refractivity contribution in [2.24, 2.45) is 0 Å². The molecule has 1 fully saturated rings. The van der Waals surface area contributed by atoms with Crippen molar-refractivity contribution in [1.82, 2.24) is 20.4 Å².